The minimum Gasteiger partial charge on any atom is -0.380 e. The van der Waals surface area contributed by atoms with E-state index in [0.717, 1.165) is 63.8 Å². The monoisotopic (exact) mass is 267 g/mol. The van der Waals surface area contributed by atoms with E-state index in [1.165, 1.54) is 0 Å². The van der Waals surface area contributed by atoms with Crippen LogP contribution in [0, 0.1) is 5.92 Å². The molecule has 0 bridgehead atoms. The smallest absolute Gasteiger partial charge is 0.151 e. The van der Waals surface area contributed by atoms with E-state index in [4.69, 9.17) is 9.26 Å². The predicted octanol–water partition coefficient (Wildman–Crippen LogP) is 1.64. The highest BCUT2D eigenvalue weighted by atomic mass is 16.5. The lowest BCUT2D eigenvalue weighted by atomic mass is 10.2. The van der Waals surface area contributed by atoms with Gasteiger partial charge >= 0.3 is 0 Å². The molecule has 1 aromatic rings. The maximum absolute atomic E-state index is 5.45. The van der Waals surface area contributed by atoms with Crippen LogP contribution in [0.15, 0.2) is 10.6 Å². The zero-order valence-corrected chi connectivity index (χ0v) is 12.0. The number of rotatable bonds is 6. The first-order valence-electron chi connectivity index (χ1n) is 7.19. The Labute approximate surface area is 115 Å². The summed E-state index contributed by atoms with van der Waals surface area (Å²) in [5.74, 6) is 1.60. The zero-order valence-electron chi connectivity index (χ0n) is 12.0. The molecule has 1 aliphatic rings. The summed E-state index contributed by atoms with van der Waals surface area (Å²) in [4.78, 5) is 2.36. The molecule has 5 heteroatoms. The Kier molecular flexibility index (Phi) is 5.82. The first kappa shape index (κ1) is 14.5. The van der Waals surface area contributed by atoms with E-state index in [1.807, 2.05) is 0 Å². The highest BCUT2D eigenvalue weighted by molar-refractivity contribution is 5.05. The Bertz CT molecular complexity index is 357. The summed E-state index contributed by atoms with van der Waals surface area (Å²) in [5, 5.41) is 7.48. The van der Waals surface area contributed by atoms with Crippen LogP contribution in [0.3, 0.4) is 0 Å². The van der Waals surface area contributed by atoms with Crippen LogP contribution in [-0.2, 0) is 17.8 Å². The van der Waals surface area contributed by atoms with E-state index in [9.17, 15) is 0 Å². The molecular weight excluding hydrogens is 242 g/mol. The van der Waals surface area contributed by atoms with Crippen LogP contribution >= 0.6 is 0 Å². The van der Waals surface area contributed by atoms with Gasteiger partial charge in [0, 0.05) is 32.3 Å². The average molecular weight is 267 g/mol. The van der Waals surface area contributed by atoms with Gasteiger partial charge in [-0.1, -0.05) is 19.0 Å². The number of nitrogens with one attached hydrogen (secondary N) is 1. The largest absolute Gasteiger partial charge is 0.380 e. The van der Waals surface area contributed by atoms with Gasteiger partial charge in [0.25, 0.3) is 0 Å². The third-order valence-electron chi connectivity index (χ3n) is 3.16. The molecule has 0 radical (unpaired) electrons. The van der Waals surface area contributed by atoms with Crippen molar-refractivity contribution in [3.63, 3.8) is 0 Å². The third kappa shape index (κ3) is 5.30. The first-order chi connectivity index (χ1) is 9.24. The molecule has 1 N–H and O–H groups in total. The Hall–Kier alpha value is -0.910. The number of hydrogen-bond donors (Lipinski definition) is 1. The van der Waals surface area contributed by atoms with Crippen LogP contribution in [-0.4, -0.2) is 42.9 Å². The van der Waals surface area contributed by atoms with Gasteiger partial charge in [-0.3, -0.25) is 4.90 Å². The Morgan fingerprint density at radius 2 is 2.26 bits per heavy atom. The lowest BCUT2D eigenvalue weighted by Crippen LogP contribution is -2.25. The quantitative estimate of drug-likeness (QED) is 0.849. The minimum atomic E-state index is 0.656. The summed E-state index contributed by atoms with van der Waals surface area (Å²) < 4.78 is 10.8. The van der Waals surface area contributed by atoms with Gasteiger partial charge < -0.3 is 14.6 Å². The molecular formula is C14H25N3O2. The van der Waals surface area contributed by atoms with E-state index < -0.39 is 0 Å². The van der Waals surface area contributed by atoms with Crippen molar-refractivity contribution in [2.75, 3.05) is 32.8 Å². The van der Waals surface area contributed by atoms with Crippen molar-refractivity contribution in [1.82, 2.24) is 15.4 Å². The summed E-state index contributed by atoms with van der Waals surface area (Å²) in [7, 11) is 0. The Balaban J connectivity index is 1.76. The lowest BCUT2D eigenvalue weighted by Gasteiger charge is -2.16. The van der Waals surface area contributed by atoms with E-state index >= 15 is 0 Å². The van der Waals surface area contributed by atoms with Crippen molar-refractivity contribution in [2.24, 2.45) is 5.92 Å². The second kappa shape index (κ2) is 7.62. The lowest BCUT2D eigenvalue weighted by molar-refractivity contribution is 0.138. The second-order valence-corrected chi connectivity index (χ2v) is 5.55. The molecule has 0 amide bonds. The Morgan fingerprint density at radius 1 is 1.37 bits per heavy atom. The van der Waals surface area contributed by atoms with Crippen LogP contribution in [0.1, 0.15) is 31.7 Å². The molecule has 0 aliphatic carbocycles. The number of hydrogen-bond acceptors (Lipinski definition) is 5. The van der Waals surface area contributed by atoms with Crippen molar-refractivity contribution >= 4 is 0 Å². The Morgan fingerprint density at radius 3 is 3.11 bits per heavy atom. The summed E-state index contributed by atoms with van der Waals surface area (Å²) in [5.41, 5.74) is 0.988. The van der Waals surface area contributed by atoms with E-state index in [2.05, 4.69) is 35.3 Å². The maximum Gasteiger partial charge on any atom is 0.151 e. The highest BCUT2D eigenvalue weighted by Gasteiger charge is 2.12. The van der Waals surface area contributed by atoms with Gasteiger partial charge in [-0.25, -0.2) is 0 Å². The fourth-order valence-corrected chi connectivity index (χ4v) is 2.18. The fourth-order valence-electron chi connectivity index (χ4n) is 2.18. The van der Waals surface area contributed by atoms with Crippen LogP contribution < -0.4 is 5.32 Å². The van der Waals surface area contributed by atoms with Crippen molar-refractivity contribution in [1.29, 1.82) is 0 Å². The molecule has 19 heavy (non-hydrogen) atoms. The molecule has 0 aromatic carbocycles. The molecule has 1 saturated heterocycles. The number of aromatic nitrogens is 1. The van der Waals surface area contributed by atoms with Crippen molar-refractivity contribution in [3.8, 4) is 0 Å². The van der Waals surface area contributed by atoms with Gasteiger partial charge in [-0.05, 0) is 18.9 Å². The summed E-state index contributed by atoms with van der Waals surface area (Å²) in [6.07, 6.45) is 1.09. The summed E-state index contributed by atoms with van der Waals surface area (Å²) in [6, 6.07) is 2.05. The molecule has 1 aromatic heterocycles. The van der Waals surface area contributed by atoms with Gasteiger partial charge in [-0.2, -0.15) is 0 Å². The van der Waals surface area contributed by atoms with Gasteiger partial charge in [0.1, 0.15) is 0 Å². The second-order valence-electron chi connectivity index (χ2n) is 5.55. The average Bonchev–Trinajstić information content (AvgIpc) is 2.65. The van der Waals surface area contributed by atoms with Crippen LogP contribution in [0.4, 0.5) is 0 Å². The van der Waals surface area contributed by atoms with Crippen molar-refractivity contribution in [2.45, 2.75) is 33.4 Å². The molecule has 0 atom stereocenters. The van der Waals surface area contributed by atoms with Gasteiger partial charge in [0.05, 0.1) is 18.8 Å². The van der Waals surface area contributed by atoms with E-state index in [0.29, 0.717) is 5.92 Å². The van der Waals surface area contributed by atoms with Gasteiger partial charge in [-0.15, -0.1) is 0 Å². The molecule has 1 aliphatic heterocycles. The predicted molar refractivity (Wildman–Crippen MR) is 73.8 cm³/mol. The summed E-state index contributed by atoms with van der Waals surface area (Å²) in [6.45, 7) is 10.7. The molecule has 2 rings (SSSR count). The number of ether oxygens (including phenoxy) is 1. The van der Waals surface area contributed by atoms with Crippen molar-refractivity contribution < 1.29 is 9.26 Å². The summed E-state index contributed by atoms with van der Waals surface area (Å²) >= 11 is 0. The van der Waals surface area contributed by atoms with Crippen LogP contribution in [0.25, 0.3) is 0 Å². The third-order valence-corrected chi connectivity index (χ3v) is 3.16. The maximum atomic E-state index is 5.45. The molecule has 0 unspecified atom stereocenters. The van der Waals surface area contributed by atoms with Crippen LogP contribution in [0.5, 0.6) is 0 Å². The van der Waals surface area contributed by atoms with E-state index in [-0.39, 0.29) is 0 Å². The molecule has 2 heterocycles. The highest BCUT2D eigenvalue weighted by Crippen LogP contribution is 2.09. The van der Waals surface area contributed by atoms with Crippen LogP contribution in [0.2, 0.25) is 0 Å². The topological polar surface area (TPSA) is 50.5 Å². The minimum absolute atomic E-state index is 0.656. The first-order valence-corrected chi connectivity index (χ1v) is 7.19. The molecule has 1 fully saturated rings. The van der Waals surface area contributed by atoms with Gasteiger partial charge in [0.2, 0.25) is 0 Å². The fraction of sp³-hybridized carbons (Fsp3) is 0.786. The zero-order chi connectivity index (χ0) is 13.5. The van der Waals surface area contributed by atoms with E-state index in [1.54, 1.807) is 0 Å². The standard InChI is InChI=1S/C14H25N3O2/c1-12(2)9-15-10-13-8-14(19-16-13)11-17-4-3-6-18-7-5-17/h8,12,15H,3-7,9-11H2,1-2H3. The molecule has 108 valence electrons. The molecule has 5 nitrogen and oxygen atoms in total. The van der Waals surface area contributed by atoms with Gasteiger partial charge in [0.15, 0.2) is 5.76 Å². The number of nitrogens with zero attached hydrogens (tertiary/aromatic N) is 2. The van der Waals surface area contributed by atoms with Crippen molar-refractivity contribution in [3.05, 3.63) is 17.5 Å². The molecule has 0 saturated carbocycles. The normalized spacial score (nSPS) is 17.8. The molecule has 0 spiro atoms. The SMILES string of the molecule is CC(C)CNCc1cc(CN2CCCOCC2)on1.